The number of carbonyl (C=O) groups is 1. The number of carbonyl (C=O) groups excluding carboxylic acids is 1. The van der Waals surface area contributed by atoms with E-state index < -0.39 is 5.82 Å². The number of amides is 1. The maximum absolute atomic E-state index is 13.6. The first-order valence-corrected chi connectivity index (χ1v) is 8.32. The van der Waals surface area contributed by atoms with Crippen molar-refractivity contribution in [2.75, 3.05) is 0 Å². The lowest BCUT2D eigenvalue weighted by Gasteiger charge is -2.20. The Balaban J connectivity index is 1.85. The van der Waals surface area contributed by atoms with E-state index in [9.17, 15) is 9.18 Å². The molecule has 0 radical (unpaired) electrons. The summed E-state index contributed by atoms with van der Waals surface area (Å²) in [6, 6.07) is 0.172. The van der Waals surface area contributed by atoms with Gasteiger partial charge in [0.15, 0.2) is 5.82 Å². The predicted octanol–water partition coefficient (Wildman–Crippen LogP) is 3.53. The second-order valence-corrected chi connectivity index (χ2v) is 6.62. The lowest BCUT2D eigenvalue weighted by atomic mass is 9.90. The Bertz CT molecular complexity index is 524. The molecule has 1 fully saturated rings. The van der Waals surface area contributed by atoms with E-state index in [-0.39, 0.29) is 23.2 Å². The highest BCUT2D eigenvalue weighted by Crippen LogP contribution is 2.35. The molecule has 0 aromatic carbocycles. The standard InChI is InChI=1S/C16H23ClFN3O/c1-10(2)20-15(22)12-7-3-5-11(12)6-4-8-14-13(18)9-19-16(17)21-14/h9-12H,3-8H2,1-2H3,(H,20,22)/t11?,12-/m0/s1. The van der Waals surface area contributed by atoms with Gasteiger partial charge < -0.3 is 5.32 Å². The molecule has 1 amide bonds. The highest BCUT2D eigenvalue weighted by molar-refractivity contribution is 6.28. The first-order chi connectivity index (χ1) is 10.5. The van der Waals surface area contributed by atoms with Crippen molar-refractivity contribution < 1.29 is 9.18 Å². The van der Waals surface area contributed by atoms with Crippen molar-refractivity contribution in [3.8, 4) is 0 Å². The van der Waals surface area contributed by atoms with Gasteiger partial charge in [-0.25, -0.2) is 14.4 Å². The van der Waals surface area contributed by atoms with Crippen LogP contribution in [0, 0.1) is 17.7 Å². The predicted molar refractivity (Wildman–Crippen MR) is 84.0 cm³/mol. The molecule has 1 unspecified atom stereocenters. The van der Waals surface area contributed by atoms with E-state index in [0.717, 1.165) is 38.3 Å². The molecule has 0 bridgehead atoms. The molecule has 22 heavy (non-hydrogen) atoms. The number of aromatic nitrogens is 2. The highest BCUT2D eigenvalue weighted by atomic mass is 35.5. The zero-order valence-corrected chi connectivity index (χ0v) is 13.9. The van der Waals surface area contributed by atoms with E-state index in [0.29, 0.717) is 18.0 Å². The lowest BCUT2D eigenvalue weighted by Crippen LogP contribution is -2.37. The van der Waals surface area contributed by atoms with Crippen molar-refractivity contribution in [2.24, 2.45) is 11.8 Å². The molecule has 1 aromatic rings. The van der Waals surface area contributed by atoms with Gasteiger partial charge in [-0.15, -0.1) is 0 Å². The van der Waals surface area contributed by atoms with Crippen LogP contribution in [0.1, 0.15) is 51.6 Å². The van der Waals surface area contributed by atoms with Crippen LogP contribution in [0.25, 0.3) is 0 Å². The molecule has 1 heterocycles. The van der Waals surface area contributed by atoms with Crippen molar-refractivity contribution in [3.05, 3.63) is 23.0 Å². The SMILES string of the molecule is CC(C)NC(=O)[C@H]1CCCC1CCCc1nc(Cl)ncc1F. The summed E-state index contributed by atoms with van der Waals surface area (Å²) in [6.45, 7) is 3.95. The zero-order valence-electron chi connectivity index (χ0n) is 13.1. The Morgan fingerprint density at radius 1 is 1.50 bits per heavy atom. The minimum absolute atomic E-state index is 0.0754. The molecule has 4 nitrogen and oxygen atoms in total. The van der Waals surface area contributed by atoms with Crippen LogP contribution in [0.5, 0.6) is 0 Å². The molecule has 0 spiro atoms. The fraction of sp³-hybridized carbons (Fsp3) is 0.688. The van der Waals surface area contributed by atoms with E-state index in [1.165, 1.54) is 0 Å². The third-order valence-corrected chi connectivity index (χ3v) is 4.38. The fourth-order valence-electron chi connectivity index (χ4n) is 3.20. The van der Waals surface area contributed by atoms with E-state index in [1.807, 2.05) is 13.8 Å². The van der Waals surface area contributed by atoms with Crippen LogP contribution < -0.4 is 5.32 Å². The molecular formula is C16H23ClFN3O. The third kappa shape index (κ3) is 4.63. The Kier molecular flexibility index (Phi) is 6.12. The number of hydrogen-bond acceptors (Lipinski definition) is 3. The van der Waals surface area contributed by atoms with Gasteiger partial charge in [-0.3, -0.25) is 4.79 Å². The molecule has 2 atom stereocenters. The zero-order chi connectivity index (χ0) is 16.1. The molecule has 2 rings (SSSR count). The van der Waals surface area contributed by atoms with Crippen LogP contribution in [0.2, 0.25) is 5.28 Å². The first-order valence-electron chi connectivity index (χ1n) is 7.94. The monoisotopic (exact) mass is 327 g/mol. The number of rotatable bonds is 6. The van der Waals surface area contributed by atoms with Crippen molar-refractivity contribution in [3.63, 3.8) is 0 Å². The van der Waals surface area contributed by atoms with E-state index in [4.69, 9.17) is 11.6 Å². The Labute approximate surface area is 135 Å². The minimum Gasteiger partial charge on any atom is -0.354 e. The molecule has 0 aliphatic heterocycles. The average molecular weight is 328 g/mol. The topological polar surface area (TPSA) is 54.9 Å². The summed E-state index contributed by atoms with van der Waals surface area (Å²) in [5.74, 6) is 0.235. The van der Waals surface area contributed by atoms with Gasteiger partial charge in [0.1, 0.15) is 0 Å². The number of hydrogen-bond donors (Lipinski definition) is 1. The fourth-order valence-corrected chi connectivity index (χ4v) is 3.35. The molecule has 1 aromatic heterocycles. The molecule has 1 saturated carbocycles. The van der Waals surface area contributed by atoms with Crippen LogP contribution in [0.3, 0.4) is 0 Å². The maximum Gasteiger partial charge on any atom is 0.223 e. The van der Waals surface area contributed by atoms with Gasteiger partial charge in [-0.05, 0) is 63.5 Å². The van der Waals surface area contributed by atoms with Crippen LogP contribution >= 0.6 is 11.6 Å². The molecular weight excluding hydrogens is 305 g/mol. The number of halogens is 2. The minimum atomic E-state index is -0.412. The van der Waals surface area contributed by atoms with E-state index >= 15 is 0 Å². The van der Waals surface area contributed by atoms with E-state index in [1.54, 1.807) is 0 Å². The van der Waals surface area contributed by atoms with Crippen molar-refractivity contribution in [2.45, 2.75) is 58.4 Å². The summed E-state index contributed by atoms with van der Waals surface area (Å²) in [4.78, 5) is 19.7. The molecule has 1 N–H and O–H groups in total. The summed E-state index contributed by atoms with van der Waals surface area (Å²) < 4.78 is 13.6. The Morgan fingerprint density at radius 2 is 2.27 bits per heavy atom. The number of aryl methyl sites for hydroxylation is 1. The summed E-state index contributed by atoms with van der Waals surface area (Å²) >= 11 is 5.69. The second kappa shape index (κ2) is 7.86. The van der Waals surface area contributed by atoms with Gasteiger partial charge in [0.2, 0.25) is 11.2 Å². The van der Waals surface area contributed by atoms with Crippen LogP contribution in [0.4, 0.5) is 4.39 Å². The van der Waals surface area contributed by atoms with Gasteiger partial charge in [0.25, 0.3) is 0 Å². The smallest absolute Gasteiger partial charge is 0.223 e. The first kappa shape index (κ1) is 17.1. The normalized spacial score (nSPS) is 21.3. The van der Waals surface area contributed by atoms with Crippen LogP contribution in [0.15, 0.2) is 6.20 Å². The molecule has 6 heteroatoms. The van der Waals surface area contributed by atoms with Gasteiger partial charge in [-0.2, -0.15) is 0 Å². The van der Waals surface area contributed by atoms with Gasteiger partial charge >= 0.3 is 0 Å². The van der Waals surface area contributed by atoms with Crippen LogP contribution in [-0.4, -0.2) is 21.9 Å². The number of nitrogens with zero attached hydrogens (tertiary/aromatic N) is 2. The van der Waals surface area contributed by atoms with Crippen LogP contribution in [-0.2, 0) is 11.2 Å². The highest BCUT2D eigenvalue weighted by Gasteiger charge is 2.32. The van der Waals surface area contributed by atoms with Gasteiger partial charge in [0, 0.05) is 12.0 Å². The molecule has 0 saturated heterocycles. The largest absolute Gasteiger partial charge is 0.354 e. The number of nitrogens with one attached hydrogen (secondary N) is 1. The summed E-state index contributed by atoms with van der Waals surface area (Å²) in [7, 11) is 0. The van der Waals surface area contributed by atoms with Crippen molar-refractivity contribution in [1.29, 1.82) is 0 Å². The summed E-state index contributed by atoms with van der Waals surface area (Å²) in [5.41, 5.74) is 0.362. The van der Waals surface area contributed by atoms with Gasteiger partial charge in [0.05, 0.1) is 11.9 Å². The van der Waals surface area contributed by atoms with E-state index in [2.05, 4.69) is 15.3 Å². The maximum atomic E-state index is 13.6. The van der Waals surface area contributed by atoms with Gasteiger partial charge in [-0.1, -0.05) is 6.42 Å². The van der Waals surface area contributed by atoms with Crippen molar-refractivity contribution >= 4 is 17.5 Å². The average Bonchev–Trinajstić information content (AvgIpc) is 2.90. The van der Waals surface area contributed by atoms with Crippen molar-refractivity contribution in [1.82, 2.24) is 15.3 Å². The lowest BCUT2D eigenvalue weighted by molar-refractivity contribution is -0.126. The quantitative estimate of drug-likeness (QED) is 0.813. The molecule has 122 valence electrons. The summed E-state index contributed by atoms with van der Waals surface area (Å²) in [6.07, 6.45) is 6.48. The Morgan fingerprint density at radius 3 is 3.00 bits per heavy atom. The molecule has 1 aliphatic carbocycles. The third-order valence-electron chi connectivity index (χ3n) is 4.20. The molecule has 1 aliphatic rings. The Hall–Kier alpha value is -1.23. The second-order valence-electron chi connectivity index (χ2n) is 6.29. The summed E-state index contributed by atoms with van der Waals surface area (Å²) in [5, 5.41) is 3.08.